The molecule has 112 heavy (non-hydrogen) atoms. The molecule has 0 rings (SSSR count). The molecule has 5 atom stereocenters. The Balaban J connectivity index is 5.56. The summed E-state index contributed by atoms with van der Waals surface area (Å²) in [5.74, 6) is -2.42. The van der Waals surface area contributed by atoms with Crippen LogP contribution in [0, 0.1) is 0 Å². The second-order valence-electron chi connectivity index (χ2n) is 27.7. The minimum Gasteiger partial charge on any atom is -0.462 e. The number of hydrogen-bond acceptors (Lipinski definition) is 15. The Hall–Kier alpha value is -6.10. The van der Waals surface area contributed by atoms with E-state index in [4.69, 9.17) is 37.0 Å². The molecular formula is C93H150O17P2. The van der Waals surface area contributed by atoms with Crippen LogP contribution < -0.4 is 0 Å². The van der Waals surface area contributed by atoms with Gasteiger partial charge in [-0.05, 0) is 148 Å². The fraction of sp³-hybridized carbons (Fsp3) is 0.613. The zero-order valence-corrected chi connectivity index (χ0v) is 71.3. The summed E-state index contributed by atoms with van der Waals surface area (Å²) < 4.78 is 68.6. The highest BCUT2D eigenvalue weighted by molar-refractivity contribution is 7.47. The third-order valence-corrected chi connectivity index (χ3v) is 19.0. The van der Waals surface area contributed by atoms with Crippen LogP contribution in [0.15, 0.2) is 194 Å². The first kappa shape index (κ1) is 106. The van der Waals surface area contributed by atoms with Crippen LogP contribution in [0.25, 0.3) is 0 Å². The molecule has 3 N–H and O–H groups in total. The average molecular weight is 1600 g/mol. The lowest BCUT2D eigenvalue weighted by Gasteiger charge is -2.21. The van der Waals surface area contributed by atoms with E-state index in [0.717, 1.165) is 135 Å². The molecule has 634 valence electrons. The van der Waals surface area contributed by atoms with E-state index in [-0.39, 0.29) is 25.7 Å². The molecule has 0 bridgehead atoms. The van der Waals surface area contributed by atoms with Crippen LogP contribution in [-0.2, 0) is 65.4 Å². The van der Waals surface area contributed by atoms with Gasteiger partial charge in [-0.2, -0.15) is 0 Å². The maximum Gasteiger partial charge on any atom is 0.472 e. The van der Waals surface area contributed by atoms with Crippen molar-refractivity contribution in [1.29, 1.82) is 0 Å². The molecule has 0 amide bonds. The smallest absolute Gasteiger partial charge is 0.462 e. The van der Waals surface area contributed by atoms with E-state index >= 15 is 0 Å². The standard InChI is InChI=1S/C93H150O17P2/c1-5-9-13-17-21-25-29-33-37-40-43-46-50-53-57-61-65-69-73-77-90(95)103-83-88(109-92(97)79-75-71-67-63-59-55-49-36-32-28-24-20-16-12-8-4)85-107-111(99,100)105-81-87(94)82-106-112(101,102)108-86-89(110-93(98)80-76-72-68-64-60-56-52-48-45-42-39-35-31-27-23-19-15-11-7-3)84-104-91(96)78-74-70-66-62-58-54-51-47-44-41-38-34-30-26-22-18-14-10-6-2/h10-11,14-15,21-23,25-27,33-35,37-39,43-48,53-54,56-58,60,65-66,69-70,87-89,94H,5-9,12-13,16-20,24,28-32,36,40-42,49-52,55,59,61-64,67-68,71-86H2,1-4H3,(H,99,100)(H,101,102)/b14-10-,15-11-,25-21-,26-22-,27-23-,37-33-,38-34-,39-35-,46-43-,47-44-,48-45-,57-53-,58-54-,60-56-,69-65-,70-66-/t87-,88+,89+/m0/s1. The second kappa shape index (κ2) is 82.9. The van der Waals surface area contributed by atoms with Crippen molar-refractivity contribution in [2.24, 2.45) is 0 Å². The Morgan fingerprint density at radius 2 is 0.482 bits per heavy atom. The molecule has 17 nitrogen and oxygen atoms in total. The van der Waals surface area contributed by atoms with E-state index in [1.807, 2.05) is 30.4 Å². The molecule has 0 saturated heterocycles. The summed E-state index contributed by atoms with van der Waals surface area (Å²) in [4.78, 5) is 73.2. The van der Waals surface area contributed by atoms with Crippen molar-refractivity contribution < 1.29 is 80.2 Å². The van der Waals surface area contributed by atoms with Gasteiger partial charge in [-0.15, -0.1) is 0 Å². The van der Waals surface area contributed by atoms with Crippen molar-refractivity contribution in [3.8, 4) is 0 Å². The Kier molecular flexibility index (Phi) is 78.4. The predicted octanol–water partition coefficient (Wildman–Crippen LogP) is 25.7. The predicted molar refractivity (Wildman–Crippen MR) is 463 cm³/mol. The van der Waals surface area contributed by atoms with Crippen LogP contribution in [-0.4, -0.2) is 96.7 Å². The number of hydrogen-bond donors (Lipinski definition) is 3. The van der Waals surface area contributed by atoms with Crippen LogP contribution in [0.5, 0.6) is 0 Å². The van der Waals surface area contributed by atoms with Gasteiger partial charge in [0.05, 0.1) is 26.4 Å². The number of allylic oxidation sites excluding steroid dienone is 32. The van der Waals surface area contributed by atoms with Gasteiger partial charge in [0.15, 0.2) is 12.2 Å². The number of phosphoric ester groups is 2. The van der Waals surface area contributed by atoms with Crippen molar-refractivity contribution >= 4 is 39.5 Å². The first-order valence-electron chi connectivity index (χ1n) is 42.7. The van der Waals surface area contributed by atoms with E-state index in [1.54, 1.807) is 0 Å². The van der Waals surface area contributed by atoms with E-state index in [0.29, 0.717) is 38.5 Å². The average Bonchev–Trinajstić information content (AvgIpc) is 0.898. The highest BCUT2D eigenvalue weighted by Crippen LogP contribution is 2.45. The molecule has 0 radical (unpaired) electrons. The number of carbonyl (C=O) groups excluding carboxylic acids is 4. The third kappa shape index (κ3) is 81.9. The summed E-state index contributed by atoms with van der Waals surface area (Å²) in [5, 5.41) is 10.7. The Labute approximate surface area is 678 Å². The van der Waals surface area contributed by atoms with Gasteiger partial charge in [0.2, 0.25) is 0 Å². The van der Waals surface area contributed by atoms with Crippen molar-refractivity contribution in [2.75, 3.05) is 39.6 Å². The molecule has 0 aromatic heterocycles. The van der Waals surface area contributed by atoms with Gasteiger partial charge in [0.25, 0.3) is 0 Å². The van der Waals surface area contributed by atoms with Gasteiger partial charge < -0.3 is 33.8 Å². The minimum absolute atomic E-state index is 0.0194. The first-order valence-corrected chi connectivity index (χ1v) is 45.7. The SMILES string of the molecule is CC/C=C\C/C=C\C/C=C\C/C=C\C/C=C\C/C=C\CCC(=O)OC[C@H](COP(=O)(O)OC[C@@H](O)COP(=O)(O)OC[C@@H](COC(=O)CC/C=C\C/C=C\C/C=C\C/C=C\C/C=C\CCCCC)OC(=O)CCCCCCCCCCCCCCCCC)OC(=O)CCCCC/C=C\C/C=C\C/C=C\C/C=C\C/C=C\CC. The van der Waals surface area contributed by atoms with Gasteiger partial charge >= 0.3 is 39.5 Å². The number of aliphatic hydroxyl groups excluding tert-OH is 1. The summed E-state index contributed by atoms with van der Waals surface area (Å²) in [7, 11) is -10.0. The normalized spacial score (nSPS) is 14.7. The minimum atomic E-state index is -5.02. The maximum absolute atomic E-state index is 13.1. The van der Waals surface area contributed by atoms with E-state index in [1.165, 1.54) is 83.5 Å². The molecule has 0 aromatic rings. The molecule has 0 saturated carbocycles. The number of rotatable bonds is 78. The largest absolute Gasteiger partial charge is 0.472 e. The zero-order valence-electron chi connectivity index (χ0n) is 69.5. The fourth-order valence-electron chi connectivity index (χ4n) is 10.7. The van der Waals surface area contributed by atoms with Crippen molar-refractivity contribution in [3.05, 3.63) is 194 Å². The molecule has 19 heteroatoms. The van der Waals surface area contributed by atoms with Crippen molar-refractivity contribution in [2.45, 2.75) is 329 Å². The van der Waals surface area contributed by atoms with Crippen molar-refractivity contribution in [1.82, 2.24) is 0 Å². The summed E-state index contributed by atoms with van der Waals surface area (Å²) in [6.07, 6.45) is 103. The van der Waals surface area contributed by atoms with Crippen LogP contribution in [0.3, 0.4) is 0 Å². The molecule has 0 aromatic carbocycles. The molecule has 0 aliphatic rings. The lowest BCUT2D eigenvalue weighted by Crippen LogP contribution is -2.30. The number of esters is 4. The number of unbranched alkanes of at least 4 members (excludes halogenated alkanes) is 20. The summed E-state index contributed by atoms with van der Waals surface area (Å²) in [6.45, 7) is 4.42. The lowest BCUT2D eigenvalue weighted by molar-refractivity contribution is -0.161. The first-order chi connectivity index (χ1) is 54.7. The fourth-order valence-corrected chi connectivity index (χ4v) is 12.2. The van der Waals surface area contributed by atoms with Crippen LogP contribution >= 0.6 is 15.6 Å². The van der Waals surface area contributed by atoms with Gasteiger partial charge in [-0.1, -0.05) is 331 Å². The number of carbonyl (C=O) groups is 4. The number of aliphatic hydroxyl groups is 1. The second-order valence-corrected chi connectivity index (χ2v) is 30.6. The molecule has 0 fully saturated rings. The lowest BCUT2D eigenvalue weighted by atomic mass is 10.0. The highest BCUT2D eigenvalue weighted by atomic mass is 31.2. The third-order valence-electron chi connectivity index (χ3n) is 17.1. The molecule has 0 aliphatic heterocycles. The monoisotopic (exact) mass is 1600 g/mol. The highest BCUT2D eigenvalue weighted by Gasteiger charge is 2.30. The van der Waals surface area contributed by atoms with Gasteiger partial charge in [-0.3, -0.25) is 37.3 Å². The van der Waals surface area contributed by atoms with E-state index < -0.39 is 97.5 Å². The van der Waals surface area contributed by atoms with E-state index in [2.05, 4.69) is 192 Å². The summed E-state index contributed by atoms with van der Waals surface area (Å²) in [6, 6.07) is 0. The molecular weight excluding hydrogens is 1450 g/mol. The Morgan fingerprint density at radius 3 is 0.768 bits per heavy atom. The number of phosphoric acid groups is 2. The molecule has 2 unspecified atom stereocenters. The quantitative estimate of drug-likeness (QED) is 0.0169. The molecule has 0 spiro atoms. The molecule has 0 aliphatic carbocycles. The van der Waals surface area contributed by atoms with Gasteiger partial charge in [0, 0.05) is 25.7 Å². The zero-order chi connectivity index (χ0) is 81.7. The van der Waals surface area contributed by atoms with Crippen LogP contribution in [0.1, 0.15) is 310 Å². The summed E-state index contributed by atoms with van der Waals surface area (Å²) in [5.41, 5.74) is 0. The van der Waals surface area contributed by atoms with Crippen molar-refractivity contribution in [3.63, 3.8) is 0 Å². The Morgan fingerprint density at radius 1 is 0.259 bits per heavy atom. The van der Waals surface area contributed by atoms with E-state index in [9.17, 15) is 43.2 Å². The van der Waals surface area contributed by atoms with Gasteiger partial charge in [-0.25, -0.2) is 9.13 Å². The topological polar surface area (TPSA) is 237 Å². The summed E-state index contributed by atoms with van der Waals surface area (Å²) >= 11 is 0. The Bertz CT molecular complexity index is 2890. The van der Waals surface area contributed by atoms with Crippen LogP contribution in [0.2, 0.25) is 0 Å². The molecule has 0 heterocycles. The van der Waals surface area contributed by atoms with Crippen LogP contribution in [0.4, 0.5) is 0 Å². The van der Waals surface area contributed by atoms with Gasteiger partial charge in [0.1, 0.15) is 19.3 Å². The number of ether oxygens (including phenoxy) is 4. The maximum atomic E-state index is 13.1.